The second-order valence-corrected chi connectivity index (χ2v) is 20.2. The highest BCUT2D eigenvalue weighted by atomic mass is 31.2. The van der Waals surface area contributed by atoms with Gasteiger partial charge in [-0.15, -0.1) is 0 Å². The molecule has 6 rings (SSSR count). The Balaban J connectivity index is 1.40. The van der Waals surface area contributed by atoms with Crippen LogP contribution in [0.5, 0.6) is 0 Å². The molecular weight excluding hydrogens is 968 g/mol. The number of anilines is 1. The summed E-state index contributed by atoms with van der Waals surface area (Å²) < 4.78 is 102. The fourth-order valence-electron chi connectivity index (χ4n) is 7.32. The number of carbonyl (C=O) groups excluding carboxylic acids is 6. The topological polar surface area (TPSA) is 317 Å². The molecule has 2 aromatic heterocycles. The molecule has 2 aromatic carbocycles. The number of benzene rings is 2. The van der Waals surface area contributed by atoms with Crippen molar-refractivity contribution in [3.8, 4) is 0 Å². The lowest BCUT2D eigenvalue weighted by atomic mass is 9.98. The van der Waals surface area contributed by atoms with E-state index in [2.05, 4.69) is 15.0 Å². The van der Waals surface area contributed by atoms with Crippen molar-refractivity contribution >= 4 is 68.0 Å². The number of aromatic nitrogens is 4. The molecule has 2 aliphatic heterocycles. The standard InChI is InChI=1S/C43H51N5O20P2/c1-24(49)57-19-32-35(61-25(2)50)37(63-27(4)52)39(65-29(6)54)43(67-32)68-70(56,59-18-31-15-11-8-12-16-31)23-69(55,58-17-30-13-9-7-10-14-30)60-20-33-36(62-26(3)51)38(64-28(5)53)42(66-33)48-22-47-34-40(44)45-21-46-41(34)48/h7-16,21-22,32-33,35-39,42-43H,17-20,23H2,1-6H3,(H2,44,45,46)/t32-,33-,35-,36-,37+,38-,39+,42-,43?,69?,70?/m1/s1. The van der Waals surface area contributed by atoms with Crippen molar-refractivity contribution < 1.29 is 93.9 Å². The average Bonchev–Trinajstić information content (AvgIpc) is 3.87. The minimum atomic E-state index is -5.08. The smallest absolute Gasteiger partial charge is 0.345 e. The molecule has 2 aliphatic rings. The van der Waals surface area contributed by atoms with Gasteiger partial charge in [0.1, 0.15) is 30.7 Å². The Hall–Kier alpha value is -6.17. The number of fused-ring (bicyclic) bond motifs is 1. The van der Waals surface area contributed by atoms with Gasteiger partial charge in [0.15, 0.2) is 54.1 Å². The van der Waals surface area contributed by atoms with E-state index in [1.54, 1.807) is 60.7 Å². The predicted molar refractivity (Wildman–Crippen MR) is 236 cm³/mol. The average molecular weight is 1020 g/mol. The van der Waals surface area contributed by atoms with Gasteiger partial charge in [0.2, 0.25) is 6.29 Å². The molecule has 25 nitrogen and oxygen atoms in total. The minimum absolute atomic E-state index is 0.0173. The third-order valence-electron chi connectivity index (χ3n) is 10.1. The van der Waals surface area contributed by atoms with Gasteiger partial charge >= 0.3 is 51.0 Å². The van der Waals surface area contributed by atoms with Gasteiger partial charge in [-0.05, 0) is 11.1 Å². The van der Waals surface area contributed by atoms with Crippen molar-refractivity contribution in [3.63, 3.8) is 0 Å². The number of rotatable bonds is 21. The zero-order valence-electron chi connectivity index (χ0n) is 38.6. The summed E-state index contributed by atoms with van der Waals surface area (Å²) >= 11 is 0. The largest absolute Gasteiger partial charge is 0.463 e. The van der Waals surface area contributed by atoms with Crippen molar-refractivity contribution in [2.45, 2.75) is 110 Å². The van der Waals surface area contributed by atoms with Crippen LogP contribution in [0.1, 0.15) is 58.9 Å². The van der Waals surface area contributed by atoms with Gasteiger partial charge in [-0.25, -0.2) is 15.0 Å². The first-order valence-electron chi connectivity index (χ1n) is 21.3. The number of ether oxygens (including phenoxy) is 8. The molecule has 0 saturated carbocycles. The predicted octanol–water partition coefficient (Wildman–Crippen LogP) is 4.06. The highest BCUT2D eigenvalue weighted by Crippen LogP contribution is 2.66. The Morgan fingerprint density at radius 2 is 1.09 bits per heavy atom. The SMILES string of the molecule is CC(=O)OC[C@H]1OC(OP(=O)(CP(=O)(OCc2ccccc2)OC[C@H]2O[C@@H](n3cnc4c(N)ncnc43)[C@H](OC(C)=O)[C@@H]2OC(C)=O)OCc2ccccc2)[C@@H](OC(C)=O)[C@@H](OC(C)=O)[C@@H]1OC(C)=O. The highest BCUT2D eigenvalue weighted by Gasteiger charge is 2.56. The van der Waals surface area contributed by atoms with Crippen molar-refractivity contribution in [1.29, 1.82) is 0 Å². The van der Waals surface area contributed by atoms with E-state index in [-0.39, 0.29) is 17.0 Å². The first-order valence-corrected chi connectivity index (χ1v) is 24.8. The molecule has 2 fully saturated rings. The van der Waals surface area contributed by atoms with Crippen LogP contribution in [-0.4, -0.2) is 123 Å². The molecule has 70 heavy (non-hydrogen) atoms. The summed E-state index contributed by atoms with van der Waals surface area (Å²) in [5.74, 6) is -6.51. The van der Waals surface area contributed by atoms with Crippen LogP contribution in [0.25, 0.3) is 11.2 Å². The number of hydrogen-bond donors (Lipinski definition) is 1. The Labute approximate surface area is 399 Å². The van der Waals surface area contributed by atoms with E-state index in [1.165, 1.54) is 10.9 Å². The number of nitrogens with zero attached hydrogens (tertiary/aromatic N) is 4. The number of nitrogen functional groups attached to an aromatic ring is 1. The monoisotopic (exact) mass is 1020 g/mol. The van der Waals surface area contributed by atoms with E-state index in [1.807, 2.05) is 0 Å². The quantitative estimate of drug-likeness (QED) is 0.0698. The maximum atomic E-state index is 15.5. The third-order valence-corrected chi connectivity index (χ3v) is 15.0. The summed E-state index contributed by atoms with van der Waals surface area (Å²) in [7, 11) is -10.0. The molecule has 0 radical (unpaired) electrons. The van der Waals surface area contributed by atoms with E-state index < -0.39 is 139 Å². The maximum Gasteiger partial charge on any atom is 0.345 e. The van der Waals surface area contributed by atoms with Gasteiger partial charge in [-0.3, -0.25) is 47.0 Å². The lowest BCUT2D eigenvalue weighted by Gasteiger charge is -2.44. The summed E-state index contributed by atoms with van der Waals surface area (Å²) in [4.78, 5) is 87.2. The lowest BCUT2D eigenvalue weighted by Crippen LogP contribution is -2.62. The molecule has 3 unspecified atom stereocenters. The Morgan fingerprint density at radius 1 is 0.586 bits per heavy atom. The van der Waals surface area contributed by atoms with Crippen molar-refractivity contribution in [2.24, 2.45) is 0 Å². The van der Waals surface area contributed by atoms with Gasteiger partial charge < -0.3 is 57.2 Å². The molecule has 4 aromatic rings. The zero-order chi connectivity index (χ0) is 50.8. The fourth-order valence-corrected chi connectivity index (χ4v) is 12.0. The number of esters is 6. The Bertz CT molecular complexity index is 2600. The van der Waals surface area contributed by atoms with Crippen LogP contribution in [0.4, 0.5) is 5.82 Å². The van der Waals surface area contributed by atoms with E-state index in [9.17, 15) is 28.8 Å². The summed E-state index contributed by atoms with van der Waals surface area (Å²) in [6, 6.07) is 16.6. The Kier molecular flexibility index (Phi) is 18.0. The van der Waals surface area contributed by atoms with E-state index >= 15 is 9.13 Å². The minimum Gasteiger partial charge on any atom is -0.463 e. The second-order valence-electron chi connectivity index (χ2n) is 15.6. The van der Waals surface area contributed by atoms with Gasteiger partial charge in [-0.1, -0.05) is 60.7 Å². The van der Waals surface area contributed by atoms with E-state index in [0.717, 1.165) is 47.9 Å². The third kappa shape index (κ3) is 14.2. The number of imidazole rings is 1. The summed E-state index contributed by atoms with van der Waals surface area (Å²) in [6.45, 7) is 3.97. The van der Waals surface area contributed by atoms with Crippen molar-refractivity contribution in [3.05, 3.63) is 84.4 Å². The molecule has 27 heteroatoms. The summed E-state index contributed by atoms with van der Waals surface area (Å²) in [5.41, 5.74) is 7.26. The van der Waals surface area contributed by atoms with Gasteiger partial charge in [0.25, 0.3) is 0 Å². The number of carbonyl (C=O) groups is 6. The van der Waals surface area contributed by atoms with Gasteiger partial charge in [0.05, 0.1) is 26.1 Å². The number of hydrogen-bond acceptors (Lipinski definition) is 24. The molecule has 11 atom stereocenters. The van der Waals surface area contributed by atoms with Crippen LogP contribution in [-0.2, 0) is 107 Å². The second kappa shape index (κ2) is 23.6. The van der Waals surface area contributed by atoms with E-state index in [0.29, 0.717) is 11.1 Å². The van der Waals surface area contributed by atoms with Gasteiger partial charge in [0, 0.05) is 41.5 Å². The maximum absolute atomic E-state index is 15.5. The number of nitrogens with two attached hydrogens (primary N) is 1. The molecule has 2 N–H and O–H groups in total. The molecule has 4 heterocycles. The molecule has 0 spiro atoms. The normalized spacial score (nSPS) is 24.9. The zero-order valence-corrected chi connectivity index (χ0v) is 40.4. The molecule has 0 amide bonds. The molecule has 378 valence electrons. The van der Waals surface area contributed by atoms with Crippen LogP contribution in [0.3, 0.4) is 0 Å². The van der Waals surface area contributed by atoms with E-state index in [4.69, 9.17) is 61.7 Å². The van der Waals surface area contributed by atoms with Crippen molar-refractivity contribution in [1.82, 2.24) is 19.5 Å². The fraction of sp³-hybridized carbons (Fsp3) is 0.465. The van der Waals surface area contributed by atoms with Crippen LogP contribution in [0.2, 0.25) is 0 Å². The summed E-state index contributed by atoms with van der Waals surface area (Å²) in [6.07, 6.45) is -12.0. The summed E-state index contributed by atoms with van der Waals surface area (Å²) in [5, 5.41) is 0. The molecular formula is C43H51N5O20P2. The lowest BCUT2D eigenvalue weighted by molar-refractivity contribution is -0.290. The van der Waals surface area contributed by atoms with Crippen molar-refractivity contribution in [2.75, 3.05) is 24.9 Å². The first-order chi connectivity index (χ1) is 33.2. The van der Waals surface area contributed by atoms with Crippen LogP contribution >= 0.6 is 15.2 Å². The van der Waals surface area contributed by atoms with Gasteiger partial charge in [-0.2, -0.15) is 0 Å². The highest BCUT2D eigenvalue weighted by molar-refractivity contribution is 7.71. The molecule has 0 aliphatic carbocycles. The van der Waals surface area contributed by atoms with Crippen LogP contribution in [0, 0.1) is 0 Å². The van der Waals surface area contributed by atoms with Crippen LogP contribution < -0.4 is 5.73 Å². The Morgan fingerprint density at radius 3 is 1.64 bits per heavy atom. The molecule has 0 bridgehead atoms. The van der Waals surface area contributed by atoms with Crippen LogP contribution in [0.15, 0.2) is 73.3 Å². The molecule has 2 saturated heterocycles. The first kappa shape index (κ1) is 53.2.